The second-order valence-corrected chi connectivity index (χ2v) is 5.32. The molecule has 3 rings (SSSR count). The number of hydrogen-bond acceptors (Lipinski definition) is 6. The Kier molecular flexibility index (Phi) is 4.57. The number of rotatable bonds is 5. The van der Waals surface area contributed by atoms with Crippen LogP contribution in [0.1, 0.15) is 21.7 Å². The molecular formula is C16H20N4O4. The van der Waals surface area contributed by atoms with Crippen LogP contribution in [0, 0.1) is 0 Å². The molecule has 1 aromatic carbocycles. The summed E-state index contributed by atoms with van der Waals surface area (Å²) < 4.78 is 15.9. The summed E-state index contributed by atoms with van der Waals surface area (Å²) in [5.74, 6) is 1.13. The Balaban J connectivity index is 1.88. The summed E-state index contributed by atoms with van der Waals surface area (Å²) in [6.07, 6.45) is 0.833. The van der Waals surface area contributed by atoms with Gasteiger partial charge in [0.25, 0.3) is 5.91 Å². The predicted octanol–water partition coefficient (Wildman–Crippen LogP) is 1.33. The minimum Gasteiger partial charge on any atom is -0.493 e. The van der Waals surface area contributed by atoms with Crippen molar-refractivity contribution in [2.45, 2.75) is 13.0 Å². The van der Waals surface area contributed by atoms with Crippen LogP contribution in [0.2, 0.25) is 0 Å². The van der Waals surface area contributed by atoms with Crippen molar-refractivity contribution in [3.63, 3.8) is 0 Å². The molecule has 0 spiro atoms. The van der Waals surface area contributed by atoms with Crippen LogP contribution >= 0.6 is 0 Å². The average Bonchev–Trinajstić information content (AvgIpc) is 3.05. The Bertz CT molecular complexity index is 732. The standard InChI is InChI=1S/C16H20N4O4/c1-22-12-6-9(7-13(23-2)15(12)24-3)18-16(21)14-10-8-17-5-4-11(10)19-20-14/h6-7,17H,4-5,8H2,1-3H3,(H,18,21)(H,19,20). The highest BCUT2D eigenvalue weighted by Gasteiger charge is 2.22. The van der Waals surface area contributed by atoms with Gasteiger partial charge in [-0.1, -0.05) is 0 Å². The van der Waals surface area contributed by atoms with Crippen molar-refractivity contribution in [3.05, 3.63) is 29.1 Å². The molecule has 3 N–H and O–H groups in total. The zero-order valence-electron chi connectivity index (χ0n) is 13.9. The fourth-order valence-electron chi connectivity index (χ4n) is 2.76. The molecule has 1 aliphatic rings. The lowest BCUT2D eigenvalue weighted by molar-refractivity contribution is 0.102. The van der Waals surface area contributed by atoms with Gasteiger partial charge in [0.05, 0.1) is 21.3 Å². The van der Waals surface area contributed by atoms with E-state index in [1.54, 1.807) is 12.1 Å². The highest BCUT2D eigenvalue weighted by atomic mass is 16.5. The van der Waals surface area contributed by atoms with E-state index in [0.29, 0.717) is 35.2 Å². The van der Waals surface area contributed by atoms with Crippen molar-refractivity contribution in [2.24, 2.45) is 0 Å². The summed E-state index contributed by atoms with van der Waals surface area (Å²) in [5.41, 5.74) is 2.84. The summed E-state index contributed by atoms with van der Waals surface area (Å²) in [4.78, 5) is 12.6. The molecule has 0 radical (unpaired) electrons. The number of carbonyl (C=O) groups excluding carboxylic acids is 1. The van der Waals surface area contributed by atoms with Gasteiger partial charge in [0.15, 0.2) is 17.2 Å². The van der Waals surface area contributed by atoms with Gasteiger partial charge in [-0.3, -0.25) is 9.89 Å². The molecule has 2 heterocycles. The molecule has 8 heteroatoms. The summed E-state index contributed by atoms with van der Waals surface area (Å²) in [5, 5.41) is 13.2. The second-order valence-electron chi connectivity index (χ2n) is 5.32. The molecule has 0 aliphatic carbocycles. The number of carbonyl (C=O) groups is 1. The third-order valence-electron chi connectivity index (χ3n) is 3.94. The molecule has 1 aromatic heterocycles. The van der Waals surface area contributed by atoms with Gasteiger partial charge in [-0.05, 0) is 0 Å². The van der Waals surface area contributed by atoms with Crippen molar-refractivity contribution in [1.29, 1.82) is 0 Å². The second kappa shape index (κ2) is 6.79. The van der Waals surface area contributed by atoms with E-state index in [1.165, 1.54) is 21.3 Å². The van der Waals surface area contributed by atoms with Crippen LogP contribution in [0.3, 0.4) is 0 Å². The molecular weight excluding hydrogens is 312 g/mol. The highest BCUT2D eigenvalue weighted by Crippen LogP contribution is 2.40. The normalized spacial score (nSPS) is 13.1. The molecule has 2 aromatic rings. The van der Waals surface area contributed by atoms with Crippen molar-refractivity contribution in [2.75, 3.05) is 33.2 Å². The zero-order chi connectivity index (χ0) is 17.1. The van der Waals surface area contributed by atoms with Crippen molar-refractivity contribution in [1.82, 2.24) is 15.5 Å². The van der Waals surface area contributed by atoms with E-state index in [9.17, 15) is 4.79 Å². The largest absolute Gasteiger partial charge is 0.493 e. The van der Waals surface area contributed by atoms with E-state index < -0.39 is 0 Å². The summed E-state index contributed by atoms with van der Waals surface area (Å²) in [6.45, 7) is 1.51. The maximum absolute atomic E-state index is 12.6. The Labute approximate surface area is 139 Å². The number of nitrogens with one attached hydrogen (secondary N) is 3. The third kappa shape index (κ3) is 2.88. The van der Waals surface area contributed by atoms with Gasteiger partial charge in [-0.2, -0.15) is 5.10 Å². The third-order valence-corrected chi connectivity index (χ3v) is 3.94. The van der Waals surface area contributed by atoms with Crippen LogP contribution in [0.15, 0.2) is 12.1 Å². The molecule has 0 saturated carbocycles. The number of aromatic nitrogens is 2. The van der Waals surface area contributed by atoms with Gasteiger partial charge in [-0.15, -0.1) is 0 Å². The number of aromatic amines is 1. The Hall–Kier alpha value is -2.74. The summed E-state index contributed by atoms with van der Waals surface area (Å²) >= 11 is 0. The molecule has 1 amide bonds. The van der Waals surface area contributed by atoms with Gasteiger partial charge in [0.2, 0.25) is 5.75 Å². The lowest BCUT2D eigenvalue weighted by atomic mass is 10.1. The average molecular weight is 332 g/mol. The lowest BCUT2D eigenvalue weighted by Crippen LogP contribution is -2.25. The van der Waals surface area contributed by atoms with Gasteiger partial charge in [0, 0.05) is 48.6 Å². The molecule has 0 fully saturated rings. The maximum atomic E-state index is 12.6. The summed E-state index contributed by atoms with van der Waals surface area (Å²) in [6, 6.07) is 3.35. The number of fused-ring (bicyclic) bond motifs is 1. The fraction of sp³-hybridized carbons (Fsp3) is 0.375. The number of amides is 1. The Morgan fingerprint density at radius 3 is 2.50 bits per heavy atom. The number of anilines is 1. The van der Waals surface area contributed by atoms with Crippen LogP contribution < -0.4 is 24.8 Å². The maximum Gasteiger partial charge on any atom is 0.276 e. The number of hydrogen-bond donors (Lipinski definition) is 3. The van der Waals surface area contributed by atoms with E-state index >= 15 is 0 Å². The number of benzene rings is 1. The van der Waals surface area contributed by atoms with Gasteiger partial charge in [0.1, 0.15) is 0 Å². The number of nitrogens with zero attached hydrogens (tertiary/aromatic N) is 1. The van der Waals surface area contributed by atoms with E-state index in [-0.39, 0.29) is 5.91 Å². The number of methoxy groups -OCH3 is 3. The molecule has 0 saturated heterocycles. The number of H-pyrrole nitrogens is 1. The fourth-order valence-corrected chi connectivity index (χ4v) is 2.76. The van der Waals surface area contributed by atoms with E-state index in [1.807, 2.05) is 0 Å². The molecule has 24 heavy (non-hydrogen) atoms. The summed E-state index contributed by atoms with van der Waals surface area (Å²) in [7, 11) is 4.58. The predicted molar refractivity (Wildman–Crippen MR) is 88.0 cm³/mol. The van der Waals surface area contributed by atoms with Crippen LogP contribution in [0.25, 0.3) is 0 Å². The van der Waals surface area contributed by atoms with Crippen molar-refractivity contribution in [3.8, 4) is 17.2 Å². The molecule has 8 nitrogen and oxygen atoms in total. The van der Waals surface area contributed by atoms with Crippen LogP contribution in [-0.2, 0) is 13.0 Å². The first-order valence-corrected chi connectivity index (χ1v) is 7.56. The SMILES string of the molecule is COc1cc(NC(=O)c2n[nH]c3c2CNCC3)cc(OC)c1OC. The minimum absolute atomic E-state index is 0.287. The first kappa shape index (κ1) is 16.1. The number of ether oxygens (including phenoxy) is 3. The van der Waals surface area contributed by atoms with E-state index in [0.717, 1.165) is 24.2 Å². The molecule has 1 aliphatic heterocycles. The Morgan fingerprint density at radius 2 is 1.88 bits per heavy atom. The van der Waals surface area contributed by atoms with Crippen LogP contribution in [0.4, 0.5) is 5.69 Å². The lowest BCUT2D eigenvalue weighted by Gasteiger charge is -2.15. The molecule has 0 bridgehead atoms. The monoisotopic (exact) mass is 332 g/mol. The van der Waals surface area contributed by atoms with Gasteiger partial charge >= 0.3 is 0 Å². The molecule has 0 unspecified atom stereocenters. The Morgan fingerprint density at radius 1 is 1.17 bits per heavy atom. The van der Waals surface area contributed by atoms with E-state index in [2.05, 4.69) is 20.8 Å². The molecule has 0 atom stereocenters. The zero-order valence-corrected chi connectivity index (χ0v) is 13.9. The first-order valence-electron chi connectivity index (χ1n) is 7.56. The van der Waals surface area contributed by atoms with Crippen molar-refractivity contribution >= 4 is 11.6 Å². The van der Waals surface area contributed by atoms with Gasteiger partial charge in [-0.25, -0.2) is 0 Å². The van der Waals surface area contributed by atoms with Crippen molar-refractivity contribution < 1.29 is 19.0 Å². The quantitative estimate of drug-likeness (QED) is 0.764. The smallest absolute Gasteiger partial charge is 0.276 e. The van der Waals surface area contributed by atoms with Crippen LogP contribution in [0.5, 0.6) is 17.2 Å². The van der Waals surface area contributed by atoms with Crippen LogP contribution in [-0.4, -0.2) is 44.0 Å². The first-order chi connectivity index (χ1) is 11.7. The topological polar surface area (TPSA) is 97.5 Å². The van der Waals surface area contributed by atoms with E-state index in [4.69, 9.17) is 14.2 Å². The highest BCUT2D eigenvalue weighted by molar-refractivity contribution is 6.04. The molecule has 128 valence electrons. The van der Waals surface area contributed by atoms with Gasteiger partial charge < -0.3 is 24.8 Å². The minimum atomic E-state index is -0.287.